The van der Waals surface area contributed by atoms with Crippen LogP contribution < -0.4 is 10.0 Å². The summed E-state index contributed by atoms with van der Waals surface area (Å²) >= 11 is 0. The Kier molecular flexibility index (Phi) is 6.02. The highest BCUT2D eigenvalue weighted by Crippen LogP contribution is 2.24. The molecule has 0 radical (unpaired) electrons. The number of hydrogen-bond donors (Lipinski definition) is 2. The minimum absolute atomic E-state index is 0.100. The molecule has 0 aromatic heterocycles. The van der Waals surface area contributed by atoms with Crippen molar-refractivity contribution in [1.82, 2.24) is 0 Å². The van der Waals surface area contributed by atoms with Gasteiger partial charge in [0.25, 0.3) is 21.6 Å². The van der Waals surface area contributed by atoms with Crippen LogP contribution in [0.15, 0.2) is 65.6 Å². The summed E-state index contributed by atoms with van der Waals surface area (Å²) in [5.41, 5.74) is 1.08. The third kappa shape index (κ3) is 5.04. The van der Waals surface area contributed by atoms with E-state index in [9.17, 15) is 27.7 Å². The average molecular weight is 443 g/mol. The molecule has 0 aliphatic carbocycles. The molecule has 8 nitrogen and oxygen atoms in total. The highest BCUT2D eigenvalue weighted by Gasteiger charge is 2.17. The first-order chi connectivity index (χ1) is 14.6. The molecular formula is C21H18FN3O5S. The lowest BCUT2D eigenvalue weighted by Crippen LogP contribution is -2.15. The van der Waals surface area contributed by atoms with Gasteiger partial charge in [-0.05, 0) is 55.8 Å². The standard InChI is InChI=1S/C21H18FN3O5S/c1-13-7-9-18(12-19(13)22)31(29,30)24-17-5-3-4-15(10-17)21(26)23-16-8-6-14(2)20(11-16)25(27)28/h3-12,24H,1-2H3,(H,23,26). The number of amides is 1. The molecule has 0 saturated heterocycles. The second-order valence-corrected chi connectivity index (χ2v) is 8.49. The normalized spacial score (nSPS) is 11.1. The number of nitro benzene ring substituents is 1. The lowest BCUT2D eigenvalue weighted by molar-refractivity contribution is -0.385. The predicted molar refractivity (Wildman–Crippen MR) is 114 cm³/mol. The Labute approximate surface area is 177 Å². The van der Waals surface area contributed by atoms with Gasteiger partial charge in [-0.1, -0.05) is 18.2 Å². The quantitative estimate of drug-likeness (QED) is 0.432. The first-order valence-corrected chi connectivity index (χ1v) is 10.5. The zero-order valence-electron chi connectivity index (χ0n) is 16.5. The predicted octanol–water partition coefficient (Wildman–Crippen LogP) is 4.40. The van der Waals surface area contributed by atoms with Crippen molar-refractivity contribution < 1.29 is 22.5 Å². The van der Waals surface area contributed by atoms with Gasteiger partial charge in [0.1, 0.15) is 5.82 Å². The van der Waals surface area contributed by atoms with Gasteiger partial charge in [0.2, 0.25) is 0 Å². The summed E-state index contributed by atoms with van der Waals surface area (Å²) in [6.45, 7) is 3.10. The fraction of sp³-hybridized carbons (Fsp3) is 0.0952. The van der Waals surface area contributed by atoms with Crippen molar-refractivity contribution >= 4 is 33.0 Å². The third-order valence-corrected chi connectivity index (χ3v) is 5.87. The Morgan fingerprint density at radius 2 is 1.68 bits per heavy atom. The van der Waals surface area contributed by atoms with Gasteiger partial charge in [-0.25, -0.2) is 12.8 Å². The Balaban J connectivity index is 1.81. The molecule has 0 heterocycles. The number of nitrogens with zero attached hydrogens (tertiary/aromatic N) is 1. The van der Waals surface area contributed by atoms with Crippen molar-refractivity contribution in [1.29, 1.82) is 0 Å². The van der Waals surface area contributed by atoms with Crippen LogP contribution in [0.1, 0.15) is 21.5 Å². The second kappa shape index (κ2) is 8.52. The van der Waals surface area contributed by atoms with E-state index in [0.29, 0.717) is 11.1 Å². The summed E-state index contributed by atoms with van der Waals surface area (Å²) in [5, 5.41) is 13.6. The number of nitrogens with one attached hydrogen (secondary N) is 2. The van der Waals surface area contributed by atoms with Crippen molar-refractivity contribution in [2.24, 2.45) is 0 Å². The Bertz CT molecular complexity index is 1290. The number of carbonyl (C=O) groups is 1. The van der Waals surface area contributed by atoms with E-state index in [4.69, 9.17) is 0 Å². The van der Waals surface area contributed by atoms with Crippen LogP contribution >= 0.6 is 0 Å². The number of hydrogen-bond acceptors (Lipinski definition) is 5. The molecule has 3 aromatic carbocycles. The van der Waals surface area contributed by atoms with Gasteiger partial charge in [0.05, 0.1) is 9.82 Å². The molecule has 0 atom stereocenters. The van der Waals surface area contributed by atoms with Gasteiger partial charge in [0.15, 0.2) is 0 Å². The van der Waals surface area contributed by atoms with Crippen molar-refractivity contribution in [2.75, 3.05) is 10.0 Å². The van der Waals surface area contributed by atoms with Crippen molar-refractivity contribution in [3.63, 3.8) is 0 Å². The van der Waals surface area contributed by atoms with Gasteiger partial charge < -0.3 is 5.32 Å². The molecule has 0 aliphatic heterocycles. The Morgan fingerprint density at radius 3 is 2.35 bits per heavy atom. The molecule has 0 bridgehead atoms. The number of rotatable bonds is 6. The fourth-order valence-corrected chi connectivity index (χ4v) is 3.83. The zero-order valence-corrected chi connectivity index (χ0v) is 17.4. The Morgan fingerprint density at radius 1 is 0.968 bits per heavy atom. The molecule has 0 spiro atoms. The number of sulfonamides is 1. The molecule has 0 saturated carbocycles. The highest BCUT2D eigenvalue weighted by molar-refractivity contribution is 7.92. The topological polar surface area (TPSA) is 118 Å². The summed E-state index contributed by atoms with van der Waals surface area (Å²) in [4.78, 5) is 22.8. The maximum Gasteiger partial charge on any atom is 0.274 e. The maximum absolute atomic E-state index is 13.7. The number of anilines is 2. The molecular weight excluding hydrogens is 425 g/mol. The van der Waals surface area contributed by atoms with Crippen molar-refractivity contribution in [3.05, 3.63) is 93.3 Å². The fourth-order valence-electron chi connectivity index (χ4n) is 2.77. The number of benzene rings is 3. The number of aryl methyl sites for hydroxylation is 2. The van der Waals surface area contributed by atoms with E-state index in [1.165, 1.54) is 61.5 Å². The van der Waals surface area contributed by atoms with E-state index in [1.54, 1.807) is 6.92 Å². The van der Waals surface area contributed by atoms with Crippen LogP contribution in [0.4, 0.5) is 21.5 Å². The van der Waals surface area contributed by atoms with Gasteiger partial charge in [-0.15, -0.1) is 0 Å². The van der Waals surface area contributed by atoms with Crippen LogP contribution in [0.3, 0.4) is 0 Å². The molecule has 3 rings (SSSR count). The van der Waals surface area contributed by atoms with E-state index in [0.717, 1.165) is 6.07 Å². The van der Waals surface area contributed by atoms with Crippen LogP contribution in [0.5, 0.6) is 0 Å². The van der Waals surface area contributed by atoms with Gasteiger partial charge in [0, 0.05) is 28.6 Å². The third-order valence-electron chi connectivity index (χ3n) is 4.49. The van der Waals surface area contributed by atoms with E-state index >= 15 is 0 Å². The van der Waals surface area contributed by atoms with Gasteiger partial charge in [-0.2, -0.15) is 0 Å². The summed E-state index contributed by atoms with van der Waals surface area (Å²) in [6, 6.07) is 13.5. The average Bonchev–Trinajstić information content (AvgIpc) is 2.71. The van der Waals surface area contributed by atoms with Gasteiger partial charge in [-0.3, -0.25) is 19.6 Å². The molecule has 0 aliphatic rings. The van der Waals surface area contributed by atoms with E-state index in [2.05, 4.69) is 10.0 Å². The number of carbonyl (C=O) groups excluding carboxylic acids is 1. The first kappa shape index (κ1) is 21.9. The lowest BCUT2D eigenvalue weighted by Gasteiger charge is -2.11. The maximum atomic E-state index is 13.7. The smallest absolute Gasteiger partial charge is 0.274 e. The van der Waals surface area contributed by atoms with Crippen LogP contribution in [-0.4, -0.2) is 19.2 Å². The SMILES string of the molecule is Cc1ccc(S(=O)(=O)Nc2cccc(C(=O)Nc3ccc(C)c([N+](=O)[O-])c3)c2)cc1F. The molecule has 160 valence electrons. The number of halogens is 1. The van der Waals surface area contributed by atoms with E-state index < -0.39 is 26.7 Å². The summed E-state index contributed by atoms with van der Waals surface area (Å²) in [5.74, 6) is -1.23. The summed E-state index contributed by atoms with van der Waals surface area (Å²) < 4.78 is 41.1. The molecule has 1 amide bonds. The van der Waals surface area contributed by atoms with Crippen molar-refractivity contribution in [3.8, 4) is 0 Å². The largest absolute Gasteiger partial charge is 0.322 e. The van der Waals surface area contributed by atoms with E-state index in [-0.39, 0.29) is 27.5 Å². The van der Waals surface area contributed by atoms with E-state index in [1.807, 2.05) is 0 Å². The zero-order chi connectivity index (χ0) is 22.8. The van der Waals surface area contributed by atoms with Crippen LogP contribution in [0.2, 0.25) is 0 Å². The molecule has 10 heteroatoms. The van der Waals surface area contributed by atoms with Crippen LogP contribution in [0, 0.1) is 29.8 Å². The van der Waals surface area contributed by atoms with Crippen LogP contribution in [0.25, 0.3) is 0 Å². The van der Waals surface area contributed by atoms with Gasteiger partial charge >= 0.3 is 0 Å². The molecule has 2 N–H and O–H groups in total. The first-order valence-electron chi connectivity index (χ1n) is 9.02. The minimum atomic E-state index is -4.07. The Hall–Kier alpha value is -3.79. The molecule has 0 unspecified atom stereocenters. The molecule has 31 heavy (non-hydrogen) atoms. The molecule has 3 aromatic rings. The number of nitro groups is 1. The monoisotopic (exact) mass is 443 g/mol. The minimum Gasteiger partial charge on any atom is -0.322 e. The van der Waals surface area contributed by atoms with Crippen LogP contribution in [-0.2, 0) is 10.0 Å². The lowest BCUT2D eigenvalue weighted by atomic mass is 10.1. The summed E-state index contributed by atoms with van der Waals surface area (Å²) in [6.07, 6.45) is 0. The van der Waals surface area contributed by atoms with Crippen molar-refractivity contribution in [2.45, 2.75) is 18.7 Å². The summed E-state index contributed by atoms with van der Waals surface area (Å²) in [7, 11) is -4.07. The second-order valence-electron chi connectivity index (χ2n) is 6.81. The highest BCUT2D eigenvalue weighted by atomic mass is 32.2. The molecule has 0 fully saturated rings.